The molecular formula is C14H14N2O3. The van der Waals surface area contributed by atoms with Crippen LogP contribution in [-0.4, -0.2) is 30.0 Å². The Morgan fingerprint density at radius 2 is 2.11 bits per heavy atom. The number of benzene rings is 1. The van der Waals surface area contributed by atoms with Crippen molar-refractivity contribution >= 4 is 22.8 Å². The molecule has 98 valence electrons. The van der Waals surface area contributed by atoms with Crippen molar-refractivity contribution in [3.05, 3.63) is 42.1 Å². The third-order valence-corrected chi connectivity index (χ3v) is 2.55. The Morgan fingerprint density at radius 3 is 2.89 bits per heavy atom. The van der Waals surface area contributed by atoms with Gasteiger partial charge in [-0.2, -0.15) is 0 Å². The van der Waals surface area contributed by atoms with E-state index in [-0.39, 0.29) is 25.0 Å². The molecule has 0 aliphatic rings. The molecule has 1 aromatic carbocycles. The lowest BCUT2D eigenvalue weighted by molar-refractivity contribution is -0.140. The maximum atomic E-state index is 11.8. The number of pyridine rings is 1. The van der Waals surface area contributed by atoms with E-state index in [1.54, 1.807) is 6.07 Å². The van der Waals surface area contributed by atoms with Gasteiger partial charge >= 0.3 is 5.97 Å². The highest BCUT2D eigenvalue weighted by Crippen LogP contribution is 2.12. The normalized spacial score (nSPS) is 10.2. The Labute approximate surface area is 110 Å². The number of fused-ring (bicyclic) bond motifs is 1. The second kappa shape index (κ2) is 5.95. The third-order valence-electron chi connectivity index (χ3n) is 2.55. The molecule has 0 saturated carbocycles. The maximum Gasteiger partial charge on any atom is 0.302 e. The molecule has 0 aliphatic heterocycles. The van der Waals surface area contributed by atoms with Gasteiger partial charge < -0.3 is 10.1 Å². The van der Waals surface area contributed by atoms with Gasteiger partial charge in [0.15, 0.2) is 0 Å². The largest absolute Gasteiger partial charge is 0.464 e. The van der Waals surface area contributed by atoms with Gasteiger partial charge in [-0.1, -0.05) is 18.2 Å². The Balaban J connectivity index is 1.99. The van der Waals surface area contributed by atoms with Crippen molar-refractivity contribution < 1.29 is 14.3 Å². The molecule has 1 aromatic heterocycles. The summed E-state index contributed by atoms with van der Waals surface area (Å²) in [4.78, 5) is 26.6. The molecule has 2 aromatic rings. The van der Waals surface area contributed by atoms with E-state index in [9.17, 15) is 9.59 Å². The monoisotopic (exact) mass is 258 g/mol. The summed E-state index contributed by atoms with van der Waals surface area (Å²) in [6.45, 7) is 1.78. The summed E-state index contributed by atoms with van der Waals surface area (Å²) in [5.41, 5.74) is 1.33. The third kappa shape index (κ3) is 3.51. The number of esters is 1. The number of para-hydroxylation sites is 1. The molecular weight excluding hydrogens is 244 g/mol. The first-order valence-corrected chi connectivity index (χ1v) is 5.93. The molecule has 0 atom stereocenters. The first kappa shape index (κ1) is 13.0. The predicted octanol–water partition coefficient (Wildman–Crippen LogP) is 1.53. The molecule has 1 amide bonds. The lowest BCUT2D eigenvalue weighted by Crippen LogP contribution is -2.27. The molecule has 19 heavy (non-hydrogen) atoms. The number of hydrogen-bond donors (Lipinski definition) is 1. The maximum absolute atomic E-state index is 11.8. The van der Waals surface area contributed by atoms with E-state index in [4.69, 9.17) is 4.74 Å². The van der Waals surface area contributed by atoms with Crippen molar-refractivity contribution in [2.75, 3.05) is 13.2 Å². The standard InChI is InChI=1S/C14H14N2O3/c1-10(17)19-7-6-15-14(18)12-8-11-4-2-3-5-13(11)16-9-12/h2-5,8-9H,6-7H2,1H3,(H,15,18). The van der Waals surface area contributed by atoms with Gasteiger partial charge in [0.1, 0.15) is 6.61 Å². The van der Waals surface area contributed by atoms with Gasteiger partial charge in [-0.15, -0.1) is 0 Å². The van der Waals surface area contributed by atoms with Gasteiger partial charge in [0.05, 0.1) is 17.6 Å². The number of ether oxygens (including phenoxy) is 1. The second-order valence-corrected chi connectivity index (χ2v) is 4.01. The highest BCUT2D eigenvalue weighted by molar-refractivity contribution is 5.97. The van der Waals surface area contributed by atoms with Crippen LogP contribution in [0.15, 0.2) is 36.5 Å². The van der Waals surface area contributed by atoms with Gasteiger partial charge in [0.25, 0.3) is 5.91 Å². The van der Waals surface area contributed by atoms with Crippen molar-refractivity contribution in [2.45, 2.75) is 6.92 Å². The molecule has 0 bridgehead atoms. The van der Waals surface area contributed by atoms with Crippen LogP contribution in [0.2, 0.25) is 0 Å². The second-order valence-electron chi connectivity index (χ2n) is 4.01. The Kier molecular flexibility index (Phi) is 4.07. The van der Waals surface area contributed by atoms with E-state index < -0.39 is 0 Å². The molecule has 0 radical (unpaired) electrons. The molecule has 0 fully saturated rings. The number of rotatable bonds is 4. The predicted molar refractivity (Wildman–Crippen MR) is 70.7 cm³/mol. The smallest absolute Gasteiger partial charge is 0.302 e. The number of nitrogens with one attached hydrogen (secondary N) is 1. The highest BCUT2D eigenvalue weighted by Gasteiger charge is 2.06. The zero-order valence-corrected chi connectivity index (χ0v) is 10.6. The van der Waals surface area contributed by atoms with Crippen molar-refractivity contribution in [3.63, 3.8) is 0 Å². The van der Waals surface area contributed by atoms with E-state index in [1.807, 2.05) is 24.3 Å². The fourth-order valence-electron chi connectivity index (χ4n) is 1.66. The number of nitrogens with zero attached hydrogens (tertiary/aromatic N) is 1. The first-order valence-electron chi connectivity index (χ1n) is 5.93. The van der Waals surface area contributed by atoms with Crippen molar-refractivity contribution in [1.82, 2.24) is 10.3 Å². The van der Waals surface area contributed by atoms with Crippen LogP contribution in [0.4, 0.5) is 0 Å². The van der Waals surface area contributed by atoms with Crippen LogP contribution in [0.1, 0.15) is 17.3 Å². The lowest BCUT2D eigenvalue weighted by Gasteiger charge is -2.06. The molecule has 5 heteroatoms. The number of carbonyl (C=O) groups is 2. The molecule has 5 nitrogen and oxygen atoms in total. The molecule has 0 saturated heterocycles. The van der Waals surface area contributed by atoms with E-state index >= 15 is 0 Å². The Morgan fingerprint density at radius 1 is 1.32 bits per heavy atom. The minimum Gasteiger partial charge on any atom is -0.464 e. The molecule has 2 rings (SSSR count). The summed E-state index contributed by atoms with van der Waals surface area (Å²) < 4.78 is 4.73. The van der Waals surface area contributed by atoms with Crippen LogP contribution in [0, 0.1) is 0 Å². The van der Waals surface area contributed by atoms with E-state index in [2.05, 4.69) is 10.3 Å². The SMILES string of the molecule is CC(=O)OCCNC(=O)c1cnc2ccccc2c1. The summed E-state index contributed by atoms with van der Waals surface area (Å²) in [6.07, 6.45) is 1.53. The topological polar surface area (TPSA) is 68.3 Å². The molecule has 1 heterocycles. The lowest BCUT2D eigenvalue weighted by atomic mass is 10.1. The molecule has 0 aliphatic carbocycles. The number of hydrogen-bond acceptors (Lipinski definition) is 4. The van der Waals surface area contributed by atoms with Gasteiger partial charge in [-0.3, -0.25) is 14.6 Å². The van der Waals surface area contributed by atoms with Crippen molar-refractivity contribution in [2.24, 2.45) is 0 Å². The van der Waals surface area contributed by atoms with E-state index in [1.165, 1.54) is 13.1 Å². The van der Waals surface area contributed by atoms with Crippen molar-refractivity contribution in [1.29, 1.82) is 0 Å². The summed E-state index contributed by atoms with van der Waals surface area (Å²) in [6, 6.07) is 9.36. The van der Waals surface area contributed by atoms with Gasteiger partial charge in [0.2, 0.25) is 0 Å². The summed E-state index contributed by atoms with van der Waals surface area (Å²) in [5.74, 6) is -0.591. The highest BCUT2D eigenvalue weighted by atomic mass is 16.5. The average molecular weight is 258 g/mol. The van der Waals surface area contributed by atoms with Gasteiger partial charge in [-0.05, 0) is 12.1 Å². The summed E-state index contributed by atoms with van der Waals surface area (Å²) in [7, 11) is 0. The van der Waals surface area contributed by atoms with Crippen LogP contribution in [0.3, 0.4) is 0 Å². The number of amides is 1. The van der Waals surface area contributed by atoms with E-state index in [0.29, 0.717) is 5.56 Å². The zero-order chi connectivity index (χ0) is 13.7. The van der Waals surface area contributed by atoms with E-state index in [0.717, 1.165) is 10.9 Å². The van der Waals surface area contributed by atoms with Crippen molar-refractivity contribution in [3.8, 4) is 0 Å². The fraction of sp³-hybridized carbons (Fsp3) is 0.214. The summed E-state index contributed by atoms with van der Waals surface area (Å²) >= 11 is 0. The van der Waals surface area contributed by atoms with Crippen LogP contribution in [0.5, 0.6) is 0 Å². The minimum absolute atomic E-state index is 0.169. The molecule has 0 spiro atoms. The molecule has 0 unspecified atom stereocenters. The first-order chi connectivity index (χ1) is 9.16. The number of carbonyl (C=O) groups excluding carboxylic acids is 2. The number of aromatic nitrogens is 1. The quantitative estimate of drug-likeness (QED) is 0.667. The molecule has 1 N–H and O–H groups in total. The van der Waals surface area contributed by atoms with Crippen LogP contribution in [-0.2, 0) is 9.53 Å². The average Bonchev–Trinajstić information content (AvgIpc) is 2.42. The van der Waals surface area contributed by atoms with Gasteiger partial charge in [-0.25, -0.2) is 0 Å². The van der Waals surface area contributed by atoms with Crippen LogP contribution < -0.4 is 5.32 Å². The van der Waals surface area contributed by atoms with Crippen LogP contribution in [0.25, 0.3) is 10.9 Å². The van der Waals surface area contributed by atoms with Gasteiger partial charge in [0, 0.05) is 18.5 Å². The Hall–Kier alpha value is -2.43. The minimum atomic E-state index is -0.360. The summed E-state index contributed by atoms with van der Waals surface area (Å²) in [5, 5.41) is 3.58. The van der Waals surface area contributed by atoms with Crippen LogP contribution >= 0.6 is 0 Å². The fourth-order valence-corrected chi connectivity index (χ4v) is 1.66. The zero-order valence-electron chi connectivity index (χ0n) is 10.6. The Bertz CT molecular complexity index is 610.